The highest BCUT2D eigenvalue weighted by Crippen LogP contribution is 2.50. The Hall–Kier alpha value is -3.01. The zero-order chi connectivity index (χ0) is 25.8. The van der Waals surface area contributed by atoms with Crippen molar-refractivity contribution in [1.82, 2.24) is 20.0 Å². The lowest BCUT2D eigenvalue weighted by molar-refractivity contribution is -0.118. The van der Waals surface area contributed by atoms with Crippen molar-refractivity contribution in [2.75, 3.05) is 19.0 Å². The molecular formula is C27H33ClN6O3. The minimum atomic E-state index is -0.506. The molecule has 3 aromatic rings. The number of carbonyl (C=O) groups excluding carboxylic acids is 1. The molecule has 0 radical (unpaired) electrons. The first-order valence-corrected chi connectivity index (χ1v) is 13.2. The molecule has 0 spiro atoms. The molecule has 2 aliphatic carbocycles. The third kappa shape index (κ3) is 6.47. The van der Waals surface area contributed by atoms with Gasteiger partial charge in [0.25, 0.3) is 0 Å². The third-order valence-corrected chi connectivity index (χ3v) is 7.38. The van der Waals surface area contributed by atoms with E-state index in [2.05, 4.69) is 20.6 Å². The zero-order valence-electron chi connectivity index (χ0n) is 20.9. The van der Waals surface area contributed by atoms with Crippen molar-refractivity contribution in [1.29, 1.82) is 0 Å². The summed E-state index contributed by atoms with van der Waals surface area (Å²) in [5.41, 5.74) is 8.85. The van der Waals surface area contributed by atoms with Gasteiger partial charge in [0.1, 0.15) is 0 Å². The Balaban J connectivity index is 1.29. The molecule has 0 aliphatic heterocycles. The Morgan fingerprint density at radius 2 is 1.92 bits per heavy atom. The van der Waals surface area contributed by atoms with Crippen molar-refractivity contribution in [2.45, 2.75) is 50.8 Å². The number of aromatic nitrogens is 4. The summed E-state index contributed by atoms with van der Waals surface area (Å²) in [6.45, 7) is 0.959. The van der Waals surface area contributed by atoms with Crippen LogP contribution < -0.4 is 15.8 Å². The van der Waals surface area contributed by atoms with Crippen molar-refractivity contribution in [3.05, 3.63) is 65.1 Å². The molecule has 2 saturated carbocycles. The quantitative estimate of drug-likeness (QED) is 0.321. The number of nitrogens with one attached hydrogen (secondary N) is 1. The van der Waals surface area contributed by atoms with Gasteiger partial charge in [0.05, 0.1) is 37.7 Å². The van der Waals surface area contributed by atoms with E-state index >= 15 is 0 Å². The summed E-state index contributed by atoms with van der Waals surface area (Å²) in [5.74, 6) is 1.66. The van der Waals surface area contributed by atoms with Crippen LogP contribution in [0.25, 0.3) is 0 Å². The van der Waals surface area contributed by atoms with E-state index in [9.17, 15) is 4.79 Å². The minimum absolute atomic E-state index is 0.155. The summed E-state index contributed by atoms with van der Waals surface area (Å²) in [5, 5.41) is 15.8. The molecule has 5 rings (SSSR count). The predicted molar refractivity (Wildman–Crippen MR) is 140 cm³/mol. The van der Waals surface area contributed by atoms with Gasteiger partial charge in [0, 0.05) is 18.4 Å². The Morgan fingerprint density at radius 3 is 2.59 bits per heavy atom. The normalized spacial score (nSPS) is 17.0. The van der Waals surface area contributed by atoms with Crippen LogP contribution in [0.1, 0.15) is 49.3 Å². The highest BCUT2D eigenvalue weighted by molar-refractivity contribution is 6.29. The molecule has 0 bridgehead atoms. The van der Waals surface area contributed by atoms with E-state index in [0.29, 0.717) is 43.0 Å². The number of methoxy groups -OCH3 is 1. The smallest absolute Gasteiger partial charge is 0.241 e. The molecule has 3 N–H and O–H groups in total. The van der Waals surface area contributed by atoms with Crippen LogP contribution in [-0.2, 0) is 16.1 Å². The summed E-state index contributed by atoms with van der Waals surface area (Å²) in [6, 6.07) is 10.9. The topological polar surface area (TPSA) is 117 Å². The van der Waals surface area contributed by atoms with Gasteiger partial charge >= 0.3 is 0 Å². The number of halogens is 1. The van der Waals surface area contributed by atoms with E-state index in [1.54, 1.807) is 23.1 Å². The molecule has 1 aromatic carbocycles. The van der Waals surface area contributed by atoms with Gasteiger partial charge in [-0.3, -0.25) is 9.48 Å². The lowest BCUT2D eigenvalue weighted by Gasteiger charge is -2.22. The van der Waals surface area contributed by atoms with Gasteiger partial charge in [-0.2, -0.15) is 5.10 Å². The lowest BCUT2D eigenvalue weighted by Crippen LogP contribution is -2.43. The molecule has 2 aliphatic rings. The molecule has 2 heterocycles. The van der Waals surface area contributed by atoms with Crippen molar-refractivity contribution < 1.29 is 14.3 Å². The number of nitrogens with two attached hydrogens (primary N) is 1. The fourth-order valence-corrected chi connectivity index (χ4v) is 5.22. The van der Waals surface area contributed by atoms with E-state index < -0.39 is 6.04 Å². The zero-order valence-corrected chi connectivity index (χ0v) is 21.7. The lowest BCUT2D eigenvalue weighted by atomic mass is 9.89. The van der Waals surface area contributed by atoms with E-state index in [1.807, 2.05) is 30.3 Å². The first kappa shape index (κ1) is 25.6. The Labute approximate surface area is 221 Å². The Bertz CT molecular complexity index is 1190. The van der Waals surface area contributed by atoms with Crippen molar-refractivity contribution in [2.24, 2.45) is 23.5 Å². The minimum Gasteiger partial charge on any atom is -0.480 e. The first-order chi connectivity index (χ1) is 18.0. The van der Waals surface area contributed by atoms with E-state index in [0.717, 1.165) is 11.1 Å². The second-order valence-electron chi connectivity index (χ2n) is 9.95. The van der Waals surface area contributed by atoms with Gasteiger partial charge in [0.2, 0.25) is 11.8 Å². The summed E-state index contributed by atoms with van der Waals surface area (Å²) < 4.78 is 13.2. The molecule has 196 valence electrons. The number of benzene rings is 1. The predicted octanol–water partition coefficient (Wildman–Crippen LogP) is 4.23. The number of hydrogen-bond donors (Lipinski definition) is 2. The first-order valence-electron chi connectivity index (χ1n) is 12.8. The SMILES string of the molecule is COc1nnc(Cl)cc1C(CCOCc1ccccc1)n1cc(NC(=O)[C@@H](N)C(C2CC2)C2CC2)cn1. The molecular weight excluding hydrogens is 492 g/mol. The van der Waals surface area contributed by atoms with Crippen LogP contribution in [0.3, 0.4) is 0 Å². The number of amides is 1. The Morgan fingerprint density at radius 1 is 1.19 bits per heavy atom. The largest absolute Gasteiger partial charge is 0.480 e. The number of rotatable bonds is 13. The summed E-state index contributed by atoms with van der Waals surface area (Å²) in [7, 11) is 1.54. The average Bonchev–Trinajstić information content (AvgIpc) is 3.85. The molecule has 2 aromatic heterocycles. The second kappa shape index (κ2) is 11.6. The van der Waals surface area contributed by atoms with Gasteiger partial charge in [-0.15, -0.1) is 10.2 Å². The molecule has 37 heavy (non-hydrogen) atoms. The molecule has 1 amide bonds. The molecule has 9 nitrogen and oxygen atoms in total. The molecule has 10 heteroatoms. The highest BCUT2D eigenvalue weighted by Gasteiger charge is 2.46. The van der Waals surface area contributed by atoms with Crippen LogP contribution in [0, 0.1) is 17.8 Å². The second-order valence-corrected chi connectivity index (χ2v) is 10.3. The summed E-state index contributed by atoms with van der Waals surface area (Å²) in [6.07, 6.45) is 8.72. The molecule has 1 unspecified atom stereocenters. The average molecular weight is 525 g/mol. The van der Waals surface area contributed by atoms with Crippen LogP contribution in [0.4, 0.5) is 5.69 Å². The van der Waals surface area contributed by atoms with Gasteiger partial charge in [0.15, 0.2) is 5.15 Å². The van der Waals surface area contributed by atoms with E-state index in [-0.39, 0.29) is 23.0 Å². The Kier molecular flexibility index (Phi) is 8.02. The van der Waals surface area contributed by atoms with Crippen LogP contribution in [-0.4, -0.2) is 45.6 Å². The number of carbonyl (C=O) groups is 1. The van der Waals surface area contributed by atoms with Crippen molar-refractivity contribution >= 4 is 23.2 Å². The maximum absolute atomic E-state index is 13.0. The van der Waals surface area contributed by atoms with Crippen molar-refractivity contribution in [3.63, 3.8) is 0 Å². The number of hydrogen-bond acceptors (Lipinski definition) is 7. The van der Waals surface area contributed by atoms with Gasteiger partial charge in [-0.25, -0.2) is 0 Å². The summed E-state index contributed by atoms with van der Waals surface area (Å²) >= 11 is 6.19. The van der Waals surface area contributed by atoms with Gasteiger partial charge in [-0.1, -0.05) is 41.9 Å². The van der Waals surface area contributed by atoms with Crippen LogP contribution >= 0.6 is 11.6 Å². The monoisotopic (exact) mass is 524 g/mol. The maximum atomic E-state index is 13.0. The number of anilines is 1. The maximum Gasteiger partial charge on any atom is 0.241 e. The fourth-order valence-electron chi connectivity index (χ4n) is 5.06. The highest BCUT2D eigenvalue weighted by atomic mass is 35.5. The van der Waals surface area contributed by atoms with Gasteiger partial charge in [-0.05, 0) is 61.5 Å². The molecule has 0 saturated heterocycles. The van der Waals surface area contributed by atoms with Crippen LogP contribution in [0.2, 0.25) is 5.15 Å². The summed E-state index contributed by atoms with van der Waals surface area (Å²) in [4.78, 5) is 13.0. The molecule has 2 atom stereocenters. The standard InChI is InChI=1S/C27H33ClN6O3/c1-36-27-21(13-23(28)32-33-27)22(11-12-37-16-17-5-3-2-4-6-17)34-15-20(14-30-34)31-26(35)25(29)24(18-7-8-18)19-9-10-19/h2-6,13-15,18-19,22,24-25H,7-12,16,29H2,1H3,(H,31,35)/t22?,25-/m0/s1. The number of nitrogens with zero attached hydrogens (tertiary/aromatic N) is 4. The fraction of sp³-hybridized carbons (Fsp3) is 0.481. The van der Waals surface area contributed by atoms with E-state index in [1.165, 1.54) is 32.8 Å². The van der Waals surface area contributed by atoms with Crippen molar-refractivity contribution in [3.8, 4) is 5.88 Å². The van der Waals surface area contributed by atoms with Crippen LogP contribution in [0.5, 0.6) is 5.88 Å². The third-order valence-electron chi connectivity index (χ3n) is 7.20. The molecule has 2 fully saturated rings. The number of ether oxygens (including phenoxy) is 2. The van der Waals surface area contributed by atoms with E-state index in [4.69, 9.17) is 26.8 Å². The van der Waals surface area contributed by atoms with Gasteiger partial charge < -0.3 is 20.5 Å². The van der Waals surface area contributed by atoms with Crippen LogP contribution in [0.15, 0.2) is 48.8 Å².